The highest BCUT2D eigenvalue weighted by atomic mass is 19.1. The SMILES string of the molecule is CC(=O)NC1CCN(c2cccc(F)c2C(C)N)CC1. The Labute approximate surface area is 119 Å². The Balaban J connectivity index is 2.11. The Bertz CT molecular complexity index is 482. The normalized spacial score (nSPS) is 17.9. The molecule has 1 fully saturated rings. The van der Waals surface area contributed by atoms with Gasteiger partial charge in [-0.15, -0.1) is 0 Å². The Hall–Kier alpha value is -1.62. The fourth-order valence-corrected chi connectivity index (χ4v) is 2.80. The molecule has 0 spiro atoms. The van der Waals surface area contributed by atoms with E-state index in [1.807, 2.05) is 6.07 Å². The van der Waals surface area contributed by atoms with E-state index >= 15 is 0 Å². The van der Waals surface area contributed by atoms with Crippen LogP contribution in [0.4, 0.5) is 10.1 Å². The maximum absolute atomic E-state index is 13.9. The van der Waals surface area contributed by atoms with Crippen molar-refractivity contribution in [2.75, 3.05) is 18.0 Å². The molecule has 0 bridgehead atoms. The number of piperidine rings is 1. The molecule has 4 nitrogen and oxygen atoms in total. The van der Waals surface area contributed by atoms with Gasteiger partial charge in [0, 0.05) is 43.3 Å². The minimum absolute atomic E-state index is 0.00507. The molecule has 1 aliphatic rings. The van der Waals surface area contributed by atoms with Gasteiger partial charge in [0.05, 0.1) is 0 Å². The molecule has 1 aliphatic heterocycles. The fourth-order valence-electron chi connectivity index (χ4n) is 2.80. The van der Waals surface area contributed by atoms with Crippen molar-refractivity contribution in [3.63, 3.8) is 0 Å². The van der Waals surface area contributed by atoms with Crippen LogP contribution in [-0.4, -0.2) is 25.0 Å². The first-order valence-corrected chi connectivity index (χ1v) is 7.05. The lowest BCUT2D eigenvalue weighted by atomic mass is 10.0. The molecule has 5 heteroatoms. The smallest absolute Gasteiger partial charge is 0.217 e. The van der Waals surface area contributed by atoms with E-state index in [1.165, 1.54) is 13.0 Å². The van der Waals surface area contributed by atoms with E-state index in [1.54, 1.807) is 13.0 Å². The molecule has 1 saturated heterocycles. The van der Waals surface area contributed by atoms with Gasteiger partial charge in [0.15, 0.2) is 0 Å². The van der Waals surface area contributed by atoms with Gasteiger partial charge < -0.3 is 16.0 Å². The van der Waals surface area contributed by atoms with Crippen molar-refractivity contribution >= 4 is 11.6 Å². The van der Waals surface area contributed by atoms with Gasteiger partial charge in [-0.1, -0.05) is 6.07 Å². The first kappa shape index (κ1) is 14.8. The van der Waals surface area contributed by atoms with Gasteiger partial charge in [-0.2, -0.15) is 0 Å². The Kier molecular flexibility index (Phi) is 4.60. The standard InChI is InChI=1S/C15H22FN3O/c1-10(17)15-13(16)4-3-5-14(15)19-8-6-12(7-9-19)18-11(2)20/h3-5,10,12H,6-9,17H2,1-2H3,(H,18,20). The van der Waals surface area contributed by atoms with Crippen molar-refractivity contribution < 1.29 is 9.18 Å². The highest BCUT2D eigenvalue weighted by Gasteiger charge is 2.23. The fraction of sp³-hybridized carbons (Fsp3) is 0.533. The van der Waals surface area contributed by atoms with Gasteiger partial charge in [0.25, 0.3) is 0 Å². The van der Waals surface area contributed by atoms with Crippen molar-refractivity contribution in [2.45, 2.75) is 38.8 Å². The first-order chi connectivity index (χ1) is 9.49. The minimum Gasteiger partial charge on any atom is -0.371 e. The van der Waals surface area contributed by atoms with Crippen LogP contribution in [0, 0.1) is 5.82 Å². The largest absolute Gasteiger partial charge is 0.371 e. The summed E-state index contributed by atoms with van der Waals surface area (Å²) in [6, 6.07) is 4.97. The molecule has 1 heterocycles. The molecule has 1 aromatic carbocycles. The van der Waals surface area contributed by atoms with Gasteiger partial charge in [-0.05, 0) is 31.9 Å². The van der Waals surface area contributed by atoms with Crippen LogP contribution in [0.3, 0.4) is 0 Å². The second-order valence-electron chi connectivity index (χ2n) is 5.42. The molecule has 0 aliphatic carbocycles. The molecule has 1 unspecified atom stereocenters. The number of anilines is 1. The maximum Gasteiger partial charge on any atom is 0.217 e. The number of amides is 1. The third kappa shape index (κ3) is 3.28. The van der Waals surface area contributed by atoms with Crippen LogP contribution >= 0.6 is 0 Å². The van der Waals surface area contributed by atoms with Crippen LogP contribution in [0.15, 0.2) is 18.2 Å². The molecule has 2 rings (SSSR count). The third-order valence-corrected chi connectivity index (χ3v) is 3.73. The monoisotopic (exact) mass is 279 g/mol. The molecule has 1 aromatic rings. The molecular weight excluding hydrogens is 257 g/mol. The van der Waals surface area contributed by atoms with Crippen molar-refractivity contribution in [1.82, 2.24) is 5.32 Å². The molecule has 0 aromatic heterocycles. The van der Waals surface area contributed by atoms with E-state index in [2.05, 4.69) is 10.2 Å². The summed E-state index contributed by atoms with van der Waals surface area (Å²) in [5, 5.41) is 2.94. The quantitative estimate of drug-likeness (QED) is 0.889. The Morgan fingerprint density at radius 3 is 2.65 bits per heavy atom. The molecule has 0 saturated carbocycles. The number of nitrogens with zero attached hydrogens (tertiary/aromatic N) is 1. The predicted octanol–water partition coefficient (Wildman–Crippen LogP) is 1.95. The zero-order valence-electron chi connectivity index (χ0n) is 12.0. The van der Waals surface area contributed by atoms with E-state index in [0.717, 1.165) is 31.6 Å². The highest BCUT2D eigenvalue weighted by molar-refractivity contribution is 5.73. The summed E-state index contributed by atoms with van der Waals surface area (Å²) in [5.41, 5.74) is 7.34. The molecule has 3 N–H and O–H groups in total. The molecule has 110 valence electrons. The number of rotatable bonds is 3. The van der Waals surface area contributed by atoms with Crippen molar-refractivity contribution in [3.05, 3.63) is 29.6 Å². The van der Waals surface area contributed by atoms with Gasteiger partial charge >= 0.3 is 0 Å². The molecule has 0 radical (unpaired) electrons. The summed E-state index contributed by atoms with van der Waals surface area (Å²) in [6.45, 7) is 4.93. The van der Waals surface area contributed by atoms with Crippen molar-refractivity contribution in [3.8, 4) is 0 Å². The van der Waals surface area contributed by atoms with Gasteiger partial charge in [-0.3, -0.25) is 4.79 Å². The third-order valence-electron chi connectivity index (χ3n) is 3.73. The van der Waals surface area contributed by atoms with Crippen LogP contribution in [-0.2, 0) is 4.79 Å². The minimum atomic E-state index is -0.334. The molecule has 1 amide bonds. The van der Waals surface area contributed by atoms with Crippen LogP contribution in [0.25, 0.3) is 0 Å². The van der Waals surface area contributed by atoms with Crippen molar-refractivity contribution in [2.24, 2.45) is 5.73 Å². The number of benzene rings is 1. The first-order valence-electron chi connectivity index (χ1n) is 7.05. The maximum atomic E-state index is 13.9. The van der Waals surface area contributed by atoms with Crippen LogP contribution < -0.4 is 16.0 Å². The molecule has 1 atom stereocenters. The molecule has 20 heavy (non-hydrogen) atoms. The van der Waals surface area contributed by atoms with Crippen LogP contribution in [0.5, 0.6) is 0 Å². The van der Waals surface area contributed by atoms with Gasteiger partial charge in [0.2, 0.25) is 5.91 Å². The number of carbonyl (C=O) groups excluding carboxylic acids is 1. The van der Waals surface area contributed by atoms with Gasteiger partial charge in [0.1, 0.15) is 5.82 Å². The second kappa shape index (κ2) is 6.22. The highest BCUT2D eigenvalue weighted by Crippen LogP contribution is 2.29. The molecular formula is C15H22FN3O. The van der Waals surface area contributed by atoms with E-state index in [0.29, 0.717) is 5.56 Å². The van der Waals surface area contributed by atoms with Crippen molar-refractivity contribution in [1.29, 1.82) is 0 Å². The lowest BCUT2D eigenvalue weighted by molar-refractivity contribution is -0.119. The van der Waals surface area contributed by atoms with Crippen LogP contribution in [0.2, 0.25) is 0 Å². The summed E-state index contributed by atoms with van der Waals surface area (Å²) in [7, 11) is 0. The number of halogens is 1. The zero-order chi connectivity index (χ0) is 14.7. The zero-order valence-corrected chi connectivity index (χ0v) is 12.0. The summed E-state index contributed by atoms with van der Waals surface area (Å²) in [5.74, 6) is -0.244. The number of carbonyl (C=O) groups is 1. The average molecular weight is 279 g/mol. The number of hydrogen-bond acceptors (Lipinski definition) is 3. The van der Waals surface area contributed by atoms with E-state index in [4.69, 9.17) is 5.73 Å². The Morgan fingerprint density at radius 2 is 2.10 bits per heavy atom. The number of nitrogens with two attached hydrogens (primary N) is 1. The lowest BCUT2D eigenvalue weighted by Crippen LogP contribution is -2.44. The summed E-state index contributed by atoms with van der Waals surface area (Å²) >= 11 is 0. The van der Waals surface area contributed by atoms with E-state index < -0.39 is 0 Å². The number of nitrogens with one attached hydrogen (secondary N) is 1. The summed E-state index contributed by atoms with van der Waals surface area (Å²) in [4.78, 5) is 13.2. The Morgan fingerprint density at radius 1 is 1.45 bits per heavy atom. The summed E-state index contributed by atoms with van der Waals surface area (Å²) < 4.78 is 13.9. The average Bonchev–Trinajstić information content (AvgIpc) is 2.38. The number of hydrogen-bond donors (Lipinski definition) is 2. The van der Waals surface area contributed by atoms with Crippen LogP contribution in [0.1, 0.15) is 38.3 Å². The van der Waals surface area contributed by atoms with E-state index in [9.17, 15) is 9.18 Å². The lowest BCUT2D eigenvalue weighted by Gasteiger charge is -2.35. The second-order valence-corrected chi connectivity index (χ2v) is 5.42. The van der Waals surface area contributed by atoms with Gasteiger partial charge in [-0.25, -0.2) is 4.39 Å². The topological polar surface area (TPSA) is 58.4 Å². The van der Waals surface area contributed by atoms with E-state index in [-0.39, 0.29) is 23.8 Å². The summed E-state index contributed by atoms with van der Waals surface area (Å²) in [6.07, 6.45) is 1.74. The predicted molar refractivity (Wildman–Crippen MR) is 78.1 cm³/mol.